The summed E-state index contributed by atoms with van der Waals surface area (Å²) < 4.78 is 10.6. The second-order valence-corrected chi connectivity index (χ2v) is 8.74. The number of amides is 1. The monoisotopic (exact) mass is 462 g/mol. The smallest absolute Gasteiger partial charge is 0.357 e. The summed E-state index contributed by atoms with van der Waals surface area (Å²) in [5, 5.41) is 14.9. The number of nitrogens with zero attached hydrogens (tertiary/aromatic N) is 4. The second kappa shape index (κ2) is 8.64. The van der Waals surface area contributed by atoms with E-state index in [0.717, 1.165) is 42.5 Å². The maximum absolute atomic E-state index is 12.6. The second-order valence-electron chi connectivity index (χ2n) is 8.74. The highest BCUT2D eigenvalue weighted by Crippen LogP contribution is 2.35. The van der Waals surface area contributed by atoms with Crippen molar-refractivity contribution in [3.05, 3.63) is 53.0 Å². The quantitative estimate of drug-likeness (QED) is 0.575. The number of rotatable bonds is 5. The Balaban J connectivity index is 1.51. The van der Waals surface area contributed by atoms with Gasteiger partial charge in [-0.15, -0.1) is 0 Å². The van der Waals surface area contributed by atoms with E-state index in [1.165, 1.54) is 4.90 Å². The van der Waals surface area contributed by atoms with E-state index in [1.807, 2.05) is 24.3 Å². The molecule has 1 atom stereocenters. The molecule has 2 aliphatic rings. The highest BCUT2D eigenvalue weighted by Gasteiger charge is 2.48. The van der Waals surface area contributed by atoms with Crippen LogP contribution in [0.25, 0.3) is 22.6 Å². The molecule has 3 aromatic rings. The van der Waals surface area contributed by atoms with E-state index in [0.29, 0.717) is 29.3 Å². The first-order valence-electron chi connectivity index (χ1n) is 11.5. The summed E-state index contributed by atoms with van der Waals surface area (Å²) in [6.45, 7) is 2.50. The normalized spacial score (nSPS) is 19.9. The Morgan fingerprint density at radius 1 is 1.21 bits per heavy atom. The molecule has 1 aliphatic heterocycles. The highest BCUT2D eigenvalue weighted by molar-refractivity contribution is 5.90. The van der Waals surface area contributed by atoms with Crippen molar-refractivity contribution in [3.8, 4) is 22.6 Å². The molecule has 1 amide bonds. The molecular formula is C25H26N4O5. The zero-order chi connectivity index (χ0) is 23.9. The van der Waals surface area contributed by atoms with Crippen molar-refractivity contribution in [2.45, 2.75) is 44.6 Å². The minimum absolute atomic E-state index is 0.122. The van der Waals surface area contributed by atoms with Crippen molar-refractivity contribution < 1.29 is 24.0 Å². The summed E-state index contributed by atoms with van der Waals surface area (Å²) >= 11 is 0. The van der Waals surface area contributed by atoms with Crippen LogP contribution in [0.1, 0.15) is 53.7 Å². The van der Waals surface area contributed by atoms with Crippen molar-refractivity contribution in [1.29, 1.82) is 0 Å². The molecule has 34 heavy (non-hydrogen) atoms. The Hall–Kier alpha value is -3.59. The predicted molar refractivity (Wildman–Crippen MR) is 122 cm³/mol. The molecule has 9 nitrogen and oxygen atoms in total. The van der Waals surface area contributed by atoms with Crippen LogP contribution < -0.4 is 0 Å². The lowest BCUT2D eigenvalue weighted by Crippen LogP contribution is -2.35. The van der Waals surface area contributed by atoms with Gasteiger partial charge < -0.3 is 19.3 Å². The summed E-state index contributed by atoms with van der Waals surface area (Å²) in [7, 11) is 1.64. The van der Waals surface area contributed by atoms with E-state index in [4.69, 9.17) is 14.2 Å². The summed E-state index contributed by atoms with van der Waals surface area (Å²) in [4.78, 5) is 35.8. The number of aromatic nitrogens is 3. The zero-order valence-corrected chi connectivity index (χ0v) is 19.2. The topological polar surface area (TPSA) is 119 Å². The molecular weight excluding hydrogens is 436 g/mol. The van der Waals surface area contributed by atoms with Gasteiger partial charge in [-0.1, -0.05) is 23.4 Å². The van der Waals surface area contributed by atoms with Gasteiger partial charge in [0.2, 0.25) is 5.60 Å². The van der Waals surface area contributed by atoms with Gasteiger partial charge in [0.25, 0.3) is 5.91 Å². The molecule has 176 valence electrons. The number of fused-ring (bicyclic) bond motifs is 1. The fraction of sp³-hybridized carbons (Fsp3) is 0.400. The van der Waals surface area contributed by atoms with Gasteiger partial charge in [-0.3, -0.25) is 4.79 Å². The van der Waals surface area contributed by atoms with Crippen LogP contribution in [0.15, 0.2) is 34.9 Å². The molecule has 3 heterocycles. The SMILES string of the molecule is CCOC(=O)c1nc(-c2cccc(-c3cc([C@]4(O)CCN(C)C4=O)on3)c2)nc2c1CCCC2. The van der Waals surface area contributed by atoms with E-state index in [2.05, 4.69) is 10.1 Å². The summed E-state index contributed by atoms with van der Waals surface area (Å²) in [5.74, 6) is -0.267. The van der Waals surface area contributed by atoms with Gasteiger partial charge in [0.1, 0.15) is 5.69 Å². The van der Waals surface area contributed by atoms with Crippen LogP contribution in [0.5, 0.6) is 0 Å². The first kappa shape index (κ1) is 22.2. The third-order valence-electron chi connectivity index (χ3n) is 6.50. The highest BCUT2D eigenvalue weighted by atomic mass is 16.5. The van der Waals surface area contributed by atoms with Crippen LogP contribution in [-0.4, -0.2) is 57.2 Å². The molecule has 1 fully saturated rings. The molecule has 0 saturated carbocycles. The number of likely N-dealkylation sites (N-methyl/N-ethyl adjacent to an activating group) is 1. The molecule has 1 aromatic carbocycles. The molecule has 0 bridgehead atoms. The summed E-state index contributed by atoms with van der Waals surface area (Å²) in [6, 6.07) is 9.01. The Morgan fingerprint density at radius 2 is 2.00 bits per heavy atom. The third-order valence-corrected chi connectivity index (χ3v) is 6.50. The van der Waals surface area contributed by atoms with Gasteiger partial charge in [-0.2, -0.15) is 0 Å². The van der Waals surface area contributed by atoms with Crippen LogP contribution in [0.4, 0.5) is 0 Å². The number of aryl methyl sites for hydroxylation is 1. The van der Waals surface area contributed by atoms with E-state index >= 15 is 0 Å². The van der Waals surface area contributed by atoms with E-state index in [-0.39, 0.29) is 18.8 Å². The van der Waals surface area contributed by atoms with Crippen LogP contribution in [0, 0.1) is 0 Å². The average Bonchev–Trinajstić information content (AvgIpc) is 3.46. The molecule has 2 aromatic heterocycles. The van der Waals surface area contributed by atoms with Crippen LogP contribution in [-0.2, 0) is 28.0 Å². The van der Waals surface area contributed by atoms with Crippen LogP contribution in [0.2, 0.25) is 0 Å². The number of benzene rings is 1. The van der Waals surface area contributed by atoms with E-state index in [1.54, 1.807) is 20.0 Å². The lowest BCUT2D eigenvalue weighted by molar-refractivity contribution is -0.144. The first-order chi connectivity index (χ1) is 16.4. The van der Waals surface area contributed by atoms with Crippen molar-refractivity contribution in [3.63, 3.8) is 0 Å². The number of carbonyl (C=O) groups excluding carboxylic acids is 2. The molecule has 1 saturated heterocycles. The van der Waals surface area contributed by atoms with Gasteiger partial charge >= 0.3 is 5.97 Å². The fourth-order valence-corrected chi connectivity index (χ4v) is 4.60. The first-order valence-corrected chi connectivity index (χ1v) is 11.5. The van der Waals surface area contributed by atoms with Gasteiger partial charge in [-0.25, -0.2) is 14.8 Å². The maximum Gasteiger partial charge on any atom is 0.357 e. The van der Waals surface area contributed by atoms with Crippen molar-refractivity contribution in [1.82, 2.24) is 20.0 Å². The lowest BCUT2D eigenvalue weighted by Gasteiger charge is -2.18. The summed E-state index contributed by atoms with van der Waals surface area (Å²) in [5.41, 5.74) is 2.32. The maximum atomic E-state index is 12.6. The van der Waals surface area contributed by atoms with Gasteiger partial charge in [-0.05, 0) is 38.7 Å². The largest absolute Gasteiger partial charge is 0.461 e. The Kier molecular flexibility index (Phi) is 5.65. The molecule has 1 aliphatic carbocycles. The van der Waals surface area contributed by atoms with Crippen molar-refractivity contribution in [2.75, 3.05) is 20.2 Å². The number of hydrogen-bond donors (Lipinski definition) is 1. The van der Waals surface area contributed by atoms with Crippen molar-refractivity contribution >= 4 is 11.9 Å². The average molecular weight is 463 g/mol. The summed E-state index contributed by atoms with van der Waals surface area (Å²) in [6.07, 6.45) is 3.82. The Morgan fingerprint density at radius 3 is 2.76 bits per heavy atom. The molecule has 0 radical (unpaired) electrons. The Bertz CT molecular complexity index is 1270. The molecule has 9 heteroatoms. The lowest BCUT2D eigenvalue weighted by atomic mass is 9.94. The molecule has 0 spiro atoms. The zero-order valence-electron chi connectivity index (χ0n) is 19.2. The Labute approximate surface area is 196 Å². The third kappa shape index (κ3) is 3.75. The van der Waals surface area contributed by atoms with Gasteiger partial charge in [0.05, 0.1) is 6.61 Å². The van der Waals surface area contributed by atoms with Gasteiger partial charge in [0, 0.05) is 48.5 Å². The number of ether oxygens (including phenoxy) is 1. The van der Waals surface area contributed by atoms with E-state index in [9.17, 15) is 14.7 Å². The number of esters is 1. The fourth-order valence-electron chi connectivity index (χ4n) is 4.60. The number of aliphatic hydroxyl groups is 1. The molecule has 0 unspecified atom stereocenters. The van der Waals surface area contributed by atoms with Gasteiger partial charge in [0.15, 0.2) is 17.3 Å². The van der Waals surface area contributed by atoms with E-state index < -0.39 is 17.5 Å². The molecule has 5 rings (SSSR count). The van der Waals surface area contributed by atoms with Crippen LogP contribution in [0.3, 0.4) is 0 Å². The molecule has 1 N–H and O–H groups in total. The number of carbonyl (C=O) groups is 2. The van der Waals surface area contributed by atoms with Crippen molar-refractivity contribution in [2.24, 2.45) is 0 Å². The minimum atomic E-state index is -1.70. The minimum Gasteiger partial charge on any atom is -0.461 e. The predicted octanol–water partition coefficient (Wildman–Crippen LogP) is 2.90. The standard InChI is InChI=1S/C25H26N4O5/c1-3-33-23(30)21-17-9-4-5-10-18(17)26-22(27-21)16-8-6-7-15(13-16)19-14-20(34-28-19)25(32)11-12-29(2)24(25)31/h6-8,13-14,32H,3-5,9-12H2,1-2H3/t25-/m1/s1. The number of likely N-dealkylation sites (tertiary alicyclic amines) is 1. The van der Waals surface area contributed by atoms with Crippen LogP contribution >= 0.6 is 0 Å². The number of hydrogen-bond acceptors (Lipinski definition) is 8.